The molecule has 0 radical (unpaired) electrons. The van der Waals surface area contributed by atoms with Crippen LogP contribution in [-0.4, -0.2) is 71.0 Å². The second-order valence-electron chi connectivity index (χ2n) is 7.13. The van der Waals surface area contributed by atoms with Crippen LogP contribution in [0.1, 0.15) is 24.8 Å². The Labute approximate surface area is 187 Å². The average molecular weight is 504 g/mol. The van der Waals surface area contributed by atoms with Crippen LogP contribution >= 0.6 is 24.0 Å². The van der Waals surface area contributed by atoms with Crippen molar-refractivity contribution >= 4 is 29.9 Å². The van der Waals surface area contributed by atoms with E-state index in [0.29, 0.717) is 5.92 Å². The van der Waals surface area contributed by atoms with E-state index >= 15 is 0 Å². The molecular formula is C21H37IN4O2. The lowest BCUT2D eigenvalue weighted by Gasteiger charge is -2.21. The highest BCUT2D eigenvalue weighted by molar-refractivity contribution is 14.0. The largest absolute Gasteiger partial charge is 0.381 e. The molecule has 0 atom stereocenters. The summed E-state index contributed by atoms with van der Waals surface area (Å²) in [4.78, 5) is 6.59. The van der Waals surface area contributed by atoms with Gasteiger partial charge in [0.2, 0.25) is 0 Å². The molecule has 1 saturated heterocycles. The van der Waals surface area contributed by atoms with Crippen molar-refractivity contribution in [3.63, 3.8) is 0 Å². The van der Waals surface area contributed by atoms with E-state index in [-0.39, 0.29) is 24.0 Å². The Morgan fingerprint density at radius 2 is 1.89 bits per heavy atom. The van der Waals surface area contributed by atoms with Crippen molar-refractivity contribution < 1.29 is 9.47 Å². The van der Waals surface area contributed by atoms with Crippen molar-refractivity contribution in [1.82, 2.24) is 15.5 Å². The van der Waals surface area contributed by atoms with Crippen molar-refractivity contribution in [2.75, 3.05) is 60.2 Å². The number of likely N-dealkylation sites (N-methyl/N-ethyl adjacent to an activating group) is 1. The van der Waals surface area contributed by atoms with Gasteiger partial charge in [0.15, 0.2) is 5.96 Å². The van der Waals surface area contributed by atoms with Gasteiger partial charge in [-0.05, 0) is 37.8 Å². The number of aliphatic imine (C=N–C) groups is 1. The summed E-state index contributed by atoms with van der Waals surface area (Å²) in [5.74, 6) is 1.53. The van der Waals surface area contributed by atoms with Gasteiger partial charge in [-0.2, -0.15) is 0 Å². The third kappa shape index (κ3) is 11.2. The minimum absolute atomic E-state index is 0. The molecule has 1 aromatic carbocycles. The highest BCUT2D eigenvalue weighted by atomic mass is 127. The molecule has 1 aromatic rings. The molecule has 160 valence electrons. The molecule has 1 aliphatic rings. The molecular weight excluding hydrogens is 467 g/mol. The molecule has 7 heteroatoms. The van der Waals surface area contributed by atoms with Crippen LogP contribution in [0.5, 0.6) is 0 Å². The molecule has 28 heavy (non-hydrogen) atoms. The first-order valence-electron chi connectivity index (χ1n) is 10.1. The van der Waals surface area contributed by atoms with Gasteiger partial charge >= 0.3 is 0 Å². The number of guanidine groups is 1. The summed E-state index contributed by atoms with van der Waals surface area (Å²) < 4.78 is 11.2. The van der Waals surface area contributed by atoms with Crippen LogP contribution < -0.4 is 10.6 Å². The molecule has 1 aliphatic heterocycles. The quantitative estimate of drug-likeness (QED) is 0.210. The monoisotopic (exact) mass is 504 g/mol. The fraction of sp³-hybridized carbons (Fsp3) is 0.667. The zero-order valence-electron chi connectivity index (χ0n) is 17.4. The first-order chi connectivity index (χ1) is 13.3. The Morgan fingerprint density at radius 3 is 2.61 bits per heavy atom. The molecule has 1 heterocycles. The Hall–Kier alpha value is -0.900. The predicted molar refractivity (Wildman–Crippen MR) is 127 cm³/mol. The molecule has 0 aromatic heterocycles. The normalized spacial score (nSPS) is 15.3. The van der Waals surface area contributed by atoms with Gasteiger partial charge in [0, 0.05) is 59.7 Å². The van der Waals surface area contributed by atoms with E-state index in [0.717, 1.165) is 77.8 Å². The van der Waals surface area contributed by atoms with Crippen molar-refractivity contribution in [2.45, 2.75) is 25.8 Å². The molecule has 6 nitrogen and oxygen atoms in total. The minimum atomic E-state index is 0. The number of benzene rings is 1. The van der Waals surface area contributed by atoms with Gasteiger partial charge in [0.25, 0.3) is 0 Å². The second-order valence-corrected chi connectivity index (χ2v) is 7.13. The molecule has 0 bridgehead atoms. The third-order valence-corrected chi connectivity index (χ3v) is 4.76. The molecule has 0 unspecified atom stereocenters. The summed E-state index contributed by atoms with van der Waals surface area (Å²) in [5, 5.41) is 6.72. The smallest absolute Gasteiger partial charge is 0.191 e. The maximum Gasteiger partial charge on any atom is 0.191 e. The third-order valence-electron chi connectivity index (χ3n) is 4.76. The summed E-state index contributed by atoms with van der Waals surface area (Å²) in [7, 11) is 3.95. The minimum Gasteiger partial charge on any atom is -0.381 e. The Bertz CT molecular complexity index is 524. The first kappa shape index (κ1) is 25.1. The van der Waals surface area contributed by atoms with Crippen LogP contribution in [0.4, 0.5) is 0 Å². The van der Waals surface area contributed by atoms with Gasteiger partial charge in [-0.3, -0.25) is 4.99 Å². The predicted octanol–water partition coefficient (Wildman–Crippen LogP) is 2.73. The number of nitrogens with zero attached hydrogens (tertiary/aromatic N) is 2. The lowest BCUT2D eigenvalue weighted by atomic mass is 10.0. The van der Waals surface area contributed by atoms with E-state index in [1.54, 1.807) is 0 Å². The van der Waals surface area contributed by atoms with Crippen LogP contribution in [0, 0.1) is 5.92 Å². The van der Waals surface area contributed by atoms with Crippen LogP contribution in [0.2, 0.25) is 0 Å². The highest BCUT2D eigenvalue weighted by Gasteiger charge is 2.13. The fourth-order valence-electron chi connectivity index (χ4n) is 3.10. The Kier molecular flexibility index (Phi) is 14.3. The van der Waals surface area contributed by atoms with Gasteiger partial charge in [-0.1, -0.05) is 30.3 Å². The standard InChI is InChI=1S/C21H36N4O2.HI/c1-22-21(23-11-6-14-27-18-20-9-15-26-16-10-20)24-12-13-25(2)17-19-7-4-3-5-8-19;/h3-5,7-8,20H,6,9-18H2,1-2H3,(H2,22,23,24);1H. The Balaban J connectivity index is 0.00000392. The summed E-state index contributed by atoms with van der Waals surface area (Å²) in [6.07, 6.45) is 3.25. The van der Waals surface area contributed by atoms with E-state index in [1.165, 1.54) is 5.56 Å². The Morgan fingerprint density at radius 1 is 1.18 bits per heavy atom. The van der Waals surface area contributed by atoms with Gasteiger partial charge < -0.3 is 25.0 Å². The second kappa shape index (κ2) is 16.0. The maximum absolute atomic E-state index is 5.80. The topological polar surface area (TPSA) is 58.1 Å². The van der Waals surface area contributed by atoms with Crippen molar-refractivity contribution in [2.24, 2.45) is 10.9 Å². The van der Waals surface area contributed by atoms with Crippen LogP contribution in [-0.2, 0) is 16.0 Å². The summed E-state index contributed by atoms with van der Waals surface area (Å²) in [5.41, 5.74) is 1.34. The lowest BCUT2D eigenvalue weighted by molar-refractivity contribution is 0.0203. The van der Waals surface area contributed by atoms with Gasteiger partial charge in [-0.15, -0.1) is 24.0 Å². The van der Waals surface area contributed by atoms with Crippen LogP contribution in [0.15, 0.2) is 35.3 Å². The zero-order chi connectivity index (χ0) is 19.2. The van der Waals surface area contributed by atoms with Crippen LogP contribution in [0.3, 0.4) is 0 Å². The van der Waals surface area contributed by atoms with Crippen molar-refractivity contribution in [3.05, 3.63) is 35.9 Å². The number of hydrogen-bond acceptors (Lipinski definition) is 4. The summed E-state index contributed by atoms with van der Waals surface area (Å²) in [6, 6.07) is 10.5. The van der Waals surface area contributed by atoms with E-state index in [2.05, 4.69) is 57.9 Å². The van der Waals surface area contributed by atoms with Crippen molar-refractivity contribution in [3.8, 4) is 0 Å². The van der Waals surface area contributed by atoms with Crippen molar-refractivity contribution in [1.29, 1.82) is 0 Å². The van der Waals surface area contributed by atoms with Gasteiger partial charge in [-0.25, -0.2) is 0 Å². The molecule has 0 aliphatic carbocycles. The van der Waals surface area contributed by atoms with Crippen LogP contribution in [0.25, 0.3) is 0 Å². The van der Waals surface area contributed by atoms with E-state index in [9.17, 15) is 0 Å². The molecule has 0 amide bonds. The fourth-order valence-corrected chi connectivity index (χ4v) is 3.10. The molecule has 0 saturated carbocycles. The van der Waals surface area contributed by atoms with E-state index < -0.39 is 0 Å². The van der Waals surface area contributed by atoms with E-state index in [1.807, 2.05) is 7.05 Å². The highest BCUT2D eigenvalue weighted by Crippen LogP contribution is 2.14. The summed E-state index contributed by atoms with van der Waals surface area (Å²) in [6.45, 7) is 7.08. The SMILES string of the molecule is CN=C(NCCCOCC1CCOCC1)NCCN(C)Cc1ccccc1.I. The molecule has 0 spiro atoms. The summed E-state index contributed by atoms with van der Waals surface area (Å²) >= 11 is 0. The lowest BCUT2D eigenvalue weighted by Crippen LogP contribution is -2.41. The first-order valence-corrected chi connectivity index (χ1v) is 10.1. The average Bonchev–Trinajstić information content (AvgIpc) is 2.70. The number of ether oxygens (including phenoxy) is 2. The van der Waals surface area contributed by atoms with Gasteiger partial charge in [0.1, 0.15) is 0 Å². The number of halogens is 1. The maximum atomic E-state index is 5.80. The number of hydrogen-bond donors (Lipinski definition) is 2. The van der Waals surface area contributed by atoms with E-state index in [4.69, 9.17) is 9.47 Å². The number of rotatable bonds is 11. The zero-order valence-corrected chi connectivity index (χ0v) is 19.7. The molecule has 1 fully saturated rings. The van der Waals surface area contributed by atoms with Gasteiger partial charge in [0.05, 0.1) is 0 Å². The number of nitrogens with one attached hydrogen (secondary N) is 2. The molecule has 2 rings (SSSR count). The molecule has 2 N–H and O–H groups in total.